The van der Waals surface area contributed by atoms with Gasteiger partial charge in [0, 0.05) is 3.57 Å². The Labute approximate surface area is 140 Å². The van der Waals surface area contributed by atoms with Crippen LogP contribution in [0.4, 0.5) is 0 Å². The summed E-state index contributed by atoms with van der Waals surface area (Å²) in [5.74, 6) is 0.0186. The lowest BCUT2D eigenvalue weighted by molar-refractivity contribution is -0.136. The molecular weight excluding hydrogens is 423 g/mol. The first kappa shape index (κ1) is 16.7. The fraction of sp³-hybridized carbons (Fsp3) is 0.0714. The maximum absolute atomic E-state index is 11.6. The Morgan fingerprint density at radius 3 is 2.09 bits per heavy atom. The minimum absolute atomic E-state index is 0.128. The molecule has 0 heterocycles. The molecule has 8 heteroatoms. The zero-order valence-electron chi connectivity index (χ0n) is 11.1. The van der Waals surface area contributed by atoms with Crippen molar-refractivity contribution >= 4 is 38.7 Å². The summed E-state index contributed by atoms with van der Waals surface area (Å²) in [5, 5.41) is 0. The zero-order chi connectivity index (χ0) is 16.2. The Morgan fingerprint density at radius 1 is 1.00 bits per heavy atom. The van der Waals surface area contributed by atoms with E-state index >= 15 is 0 Å². The van der Waals surface area contributed by atoms with Crippen molar-refractivity contribution in [3.05, 3.63) is 52.1 Å². The molecule has 0 unspecified atom stereocenters. The predicted molar refractivity (Wildman–Crippen MR) is 84.7 cm³/mol. The lowest BCUT2D eigenvalue weighted by Gasteiger charge is -2.09. The van der Waals surface area contributed by atoms with Crippen LogP contribution in [0.15, 0.2) is 53.4 Å². The van der Waals surface area contributed by atoms with Crippen LogP contribution in [-0.2, 0) is 14.9 Å². The lowest BCUT2D eigenvalue weighted by atomic mass is 10.3. The highest BCUT2D eigenvalue weighted by molar-refractivity contribution is 14.1. The van der Waals surface area contributed by atoms with Gasteiger partial charge in [-0.05, 0) is 71.1 Å². The molecule has 0 aliphatic rings. The van der Waals surface area contributed by atoms with E-state index in [1.165, 1.54) is 12.1 Å². The molecular formula is C14H10IO6S-. The minimum Gasteiger partial charge on any atom is -0.744 e. The second kappa shape index (κ2) is 7.07. The number of carbonyl (C=O) groups is 1. The van der Waals surface area contributed by atoms with Gasteiger partial charge in [0.05, 0.1) is 4.90 Å². The third-order valence-electron chi connectivity index (χ3n) is 2.51. The third-order valence-corrected chi connectivity index (χ3v) is 4.08. The molecule has 0 saturated carbocycles. The summed E-state index contributed by atoms with van der Waals surface area (Å²) in [6.07, 6.45) is 0. The normalized spacial score (nSPS) is 11.0. The second-order valence-corrected chi connectivity index (χ2v) is 6.77. The quantitative estimate of drug-likeness (QED) is 0.311. The number of hydrogen-bond acceptors (Lipinski definition) is 6. The van der Waals surface area contributed by atoms with E-state index < -0.39 is 16.1 Å². The summed E-state index contributed by atoms with van der Waals surface area (Å²) in [7, 11) is -4.51. The van der Waals surface area contributed by atoms with Gasteiger partial charge in [-0.2, -0.15) is 0 Å². The van der Waals surface area contributed by atoms with E-state index in [-0.39, 0.29) is 17.3 Å². The Balaban J connectivity index is 1.90. The van der Waals surface area contributed by atoms with E-state index in [1.807, 2.05) is 12.1 Å². The van der Waals surface area contributed by atoms with Crippen molar-refractivity contribution in [3.8, 4) is 11.5 Å². The van der Waals surface area contributed by atoms with Gasteiger partial charge < -0.3 is 14.0 Å². The van der Waals surface area contributed by atoms with Crippen molar-refractivity contribution < 1.29 is 27.2 Å². The molecule has 0 radical (unpaired) electrons. The maximum atomic E-state index is 11.6. The van der Waals surface area contributed by atoms with Gasteiger partial charge in [0.1, 0.15) is 21.6 Å². The van der Waals surface area contributed by atoms with Crippen LogP contribution in [0.5, 0.6) is 11.5 Å². The molecule has 0 aliphatic heterocycles. The predicted octanol–water partition coefficient (Wildman–Crippen LogP) is 2.18. The highest BCUT2D eigenvalue weighted by Gasteiger charge is 2.07. The van der Waals surface area contributed by atoms with E-state index in [9.17, 15) is 17.8 Å². The lowest BCUT2D eigenvalue weighted by Crippen LogP contribution is -2.17. The Kier molecular flexibility index (Phi) is 5.37. The van der Waals surface area contributed by atoms with Gasteiger partial charge >= 0.3 is 5.97 Å². The first-order chi connectivity index (χ1) is 10.3. The highest BCUT2D eigenvalue weighted by Crippen LogP contribution is 2.16. The first-order valence-corrected chi connectivity index (χ1v) is 8.48. The molecule has 2 aromatic carbocycles. The van der Waals surface area contributed by atoms with Crippen LogP contribution >= 0.6 is 22.6 Å². The van der Waals surface area contributed by atoms with Crippen LogP contribution in [0.25, 0.3) is 0 Å². The van der Waals surface area contributed by atoms with Crippen molar-refractivity contribution in [1.29, 1.82) is 0 Å². The molecule has 0 fully saturated rings. The third kappa shape index (κ3) is 4.97. The standard InChI is InChI=1S/C14H11IO6S/c15-10-1-3-11(4-2-10)20-9-14(16)21-12-5-7-13(8-6-12)22(17,18)19/h1-8H,9H2,(H,17,18,19)/p-1. The van der Waals surface area contributed by atoms with Crippen molar-refractivity contribution in [3.63, 3.8) is 0 Å². The summed E-state index contributed by atoms with van der Waals surface area (Å²) in [6.45, 7) is -0.289. The van der Waals surface area contributed by atoms with Crippen LogP contribution in [0.1, 0.15) is 0 Å². The van der Waals surface area contributed by atoms with Gasteiger partial charge in [0.2, 0.25) is 0 Å². The largest absolute Gasteiger partial charge is 0.744 e. The fourth-order valence-corrected chi connectivity index (χ4v) is 2.34. The summed E-state index contributed by atoms with van der Waals surface area (Å²) < 4.78 is 43.6. The average molecular weight is 433 g/mol. The molecule has 116 valence electrons. The molecule has 2 rings (SSSR count). The van der Waals surface area contributed by atoms with Gasteiger partial charge in [-0.3, -0.25) is 0 Å². The molecule has 0 N–H and O–H groups in total. The van der Waals surface area contributed by atoms with Crippen LogP contribution < -0.4 is 9.47 Å². The maximum Gasteiger partial charge on any atom is 0.349 e. The van der Waals surface area contributed by atoms with Crippen LogP contribution in [0.3, 0.4) is 0 Å². The summed E-state index contributed by atoms with van der Waals surface area (Å²) in [5.41, 5.74) is 0. The molecule has 0 aromatic heterocycles. The van der Waals surface area contributed by atoms with E-state index in [4.69, 9.17) is 9.47 Å². The van der Waals surface area contributed by atoms with Gasteiger partial charge in [-0.15, -0.1) is 0 Å². The monoisotopic (exact) mass is 433 g/mol. The Hall–Kier alpha value is -1.65. The van der Waals surface area contributed by atoms with E-state index in [0.29, 0.717) is 5.75 Å². The van der Waals surface area contributed by atoms with Gasteiger partial charge in [-0.1, -0.05) is 0 Å². The SMILES string of the molecule is O=C(COc1ccc(I)cc1)Oc1ccc(S(=O)(=O)[O-])cc1. The highest BCUT2D eigenvalue weighted by atomic mass is 127. The molecule has 0 bridgehead atoms. The van der Waals surface area contributed by atoms with Gasteiger partial charge in [0.15, 0.2) is 6.61 Å². The first-order valence-electron chi connectivity index (χ1n) is 5.99. The Morgan fingerprint density at radius 2 is 1.55 bits per heavy atom. The number of benzene rings is 2. The summed E-state index contributed by atoms with van der Waals surface area (Å²) >= 11 is 2.15. The molecule has 0 spiro atoms. The van der Waals surface area contributed by atoms with Crippen molar-refractivity contribution in [1.82, 2.24) is 0 Å². The molecule has 0 amide bonds. The molecule has 0 aliphatic carbocycles. The number of esters is 1. The van der Waals surface area contributed by atoms with Gasteiger partial charge in [-0.25, -0.2) is 13.2 Å². The average Bonchev–Trinajstić information content (AvgIpc) is 2.46. The number of carbonyl (C=O) groups excluding carboxylic acids is 1. The van der Waals surface area contributed by atoms with Gasteiger partial charge in [0.25, 0.3) is 0 Å². The Bertz CT molecular complexity index is 753. The summed E-state index contributed by atoms with van der Waals surface area (Å²) in [6, 6.07) is 11.7. The van der Waals surface area contributed by atoms with Crippen molar-refractivity contribution in [2.24, 2.45) is 0 Å². The molecule has 2 aromatic rings. The van der Waals surface area contributed by atoms with Crippen LogP contribution in [0, 0.1) is 3.57 Å². The van der Waals surface area contributed by atoms with Crippen molar-refractivity contribution in [2.45, 2.75) is 4.90 Å². The number of ether oxygens (including phenoxy) is 2. The minimum atomic E-state index is -4.51. The summed E-state index contributed by atoms with van der Waals surface area (Å²) in [4.78, 5) is 11.2. The van der Waals surface area contributed by atoms with Crippen molar-refractivity contribution in [2.75, 3.05) is 6.61 Å². The number of halogens is 1. The number of rotatable bonds is 5. The van der Waals surface area contributed by atoms with Crippen LogP contribution in [0.2, 0.25) is 0 Å². The smallest absolute Gasteiger partial charge is 0.349 e. The fourth-order valence-electron chi connectivity index (χ4n) is 1.51. The van der Waals surface area contributed by atoms with E-state index in [2.05, 4.69) is 22.6 Å². The van der Waals surface area contributed by atoms with Crippen LogP contribution in [-0.4, -0.2) is 25.5 Å². The second-order valence-electron chi connectivity index (χ2n) is 4.14. The molecule has 6 nitrogen and oxygen atoms in total. The molecule has 0 atom stereocenters. The van der Waals surface area contributed by atoms with E-state index in [1.54, 1.807) is 12.1 Å². The molecule has 22 heavy (non-hydrogen) atoms. The zero-order valence-corrected chi connectivity index (χ0v) is 14.0. The van der Waals surface area contributed by atoms with E-state index in [0.717, 1.165) is 15.7 Å². The topological polar surface area (TPSA) is 92.7 Å². The number of hydrogen-bond donors (Lipinski definition) is 0. The molecule has 0 saturated heterocycles.